The summed E-state index contributed by atoms with van der Waals surface area (Å²) in [5.74, 6) is 0. The summed E-state index contributed by atoms with van der Waals surface area (Å²) in [5.41, 5.74) is 5.28. The van der Waals surface area contributed by atoms with Gasteiger partial charge in [0.1, 0.15) is 0 Å². The molecule has 0 fully saturated rings. The van der Waals surface area contributed by atoms with Crippen molar-refractivity contribution < 1.29 is 9.90 Å². The van der Waals surface area contributed by atoms with Gasteiger partial charge in [0.2, 0.25) is 0 Å². The molecule has 4 nitrogen and oxygen atoms in total. The quantitative estimate of drug-likeness (QED) is 0.681. The Bertz CT molecular complexity index is 940. The van der Waals surface area contributed by atoms with Gasteiger partial charge in [0, 0.05) is 11.9 Å². The van der Waals surface area contributed by atoms with Crippen LogP contribution >= 0.6 is 0 Å². The maximum Gasteiger partial charge on any atom is 0.319 e. The average molecular weight is 332 g/mol. The molecule has 25 heavy (non-hydrogen) atoms. The lowest BCUT2D eigenvalue weighted by Gasteiger charge is -2.12. The monoisotopic (exact) mass is 332 g/mol. The fraction of sp³-hybridized carbons (Fsp3) is 0.190. The Morgan fingerprint density at radius 3 is 2.48 bits per heavy atom. The third-order valence-electron chi connectivity index (χ3n) is 4.85. The highest BCUT2D eigenvalue weighted by atomic mass is 16.3. The van der Waals surface area contributed by atoms with Gasteiger partial charge in [-0.25, -0.2) is 4.79 Å². The van der Waals surface area contributed by atoms with Crippen LogP contribution in [0.1, 0.15) is 22.3 Å². The number of hydrogen-bond acceptors (Lipinski definition) is 2. The van der Waals surface area contributed by atoms with Crippen molar-refractivity contribution in [2.45, 2.75) is 26.0 Å². The SMILES string of the molecule is O=C(NCc1ccccc1CO)Nc1ccc2c3c(cccc13)CC2. The summed E-state index contributed by atoms with van der Waals surface area (Å²) in [5, 5.41) is 17.6. The molecule has 0 saturated carbocycles. The zero-order chi connectivity index (χ0) is 17.2. The number of carbonyl (C=O) groups is 1. The minimum absolute atomic E-state index is 0.0334. The van der Waals surface area contributed by atoms with Crippen molar-refractivity contribution in [1.82, 2.24) is 5.32 Å². The summed E-state index contributed by atoms with van der Waals surface area (Å²) >= 11 is 0. The molecule has 1 aliphatic rings. The predicted molar refractivity (Wildman–Crippen MR) is 99.6 cm³/mol. The van der Waals surface area contributed by atoms with Crippen molar-refractivity contribution in [1.29, 1.82) is 0 Å². The fourth-order valence-corrected chi connectivity index (χ4v) is 3.58. The van der Waals surface area contributed by atoms with Crippen LogP contribution in [0.25, 0.3) is 10.8 Å². The second-order valence-corrected chi connectivity index (χ2v) is 6.35. The van der Waals surface area contributed by atoms with Gasteiger partial charge in [-0.05, 0) is 46.5 Å². The first-order valence-electron chi connectivity index (χ1n) is 8.52. The number of aliphatic hydroxyl groups excluding tert-OH is 1. The van der Waals surface area contributed by atoms with E-state index >= 15 is 0 Å². The van der Waals surface area contributed by atoms with E-state index in [0.717, 1.165) is 35.0 Å². The molecule has 0 spiro atoms. The van der Waals surface area contributed by atoms with Gasteiger partial charge in [-0.2, -0.15) is 0 Å². The Balaban J connectivity index is 1.51. The fourth-order valence-electron chi connectivity index (χ4n) is 3.58. The number of rotatable bonds is 4. The van der Waals surface area contributed by atoms with Crippen LogP contribution < -0.4 is 10.6 Å². The highest BCUT2D eigenvalue weighted by molar-refractivity contribution is 6.04. The molecule has 0 heterocycles. The van der Waals surface area contributed by atoms with E-state index in [0.29, 0.717) is 6.54 Å². The van der Waals surface area contributed by atoms with Gasteiger partial charge in [0.05, 0.1) is 12.3 Å². The Morgan fingerprint density at radius 1 is 0.920 bits per heavy atom. The van der Waals surface area contributed by atoms with Crippen LogP contribution in [0, 0.1) is 0 Å². The molecule has 3 aromatic rings. The number of carbonyl (C=O) groups excluding carboxylic acids is 1. The molecule has 1 aliphatic carbocycles. The van der Waals surface area contributed by atoms with Crippen LogP contribution in [0.4, 0.5) is 10.5 Å². The molecular weight excluding hydrogens is 312 g/mol. The molecule has 4 rings (SSSR count). The Morgan fingerprint density at radius 2 is 1.68 bits per heavy atom. The number of amides is 2. The molecule has 0 saturated heterocycles. The number of urea groups is 1. The van der Waals surface area contributed by atoms with E-state index < -0.39 is 0 Å². The van der Waals surface area contributed by atoms with E-state index in [9.17, 15) is 9.90 Å². The third kappa shape index (κ3) is 2.96. The standard InChI is InChI=1S/C21H20N2O2/c24-13-17-5-2-1-4-16(17)12-22-21(25)23-19-11-10-15-9-8-14-6-3-7-18(19)20(14)15/h1-7,10-11,24H,8-9,12-13H2,(H2,22,23,25). The smallest absolute Gasteiger partial charge is 0.319 e. The molecule has 3 aromatic carbocycles. The van der Waals surface area contributed by atoms with Crippen molar-refractivity contribution >= 4 is 22.5 Å². The van der Waals surface area contributed by atoms with E-state index in [1.54, 1.807) is 0 Å². The summed E-state index contributed by atoms with van der Waals surface area (Å²) in [6.45, 7) is 0.345. The number of aliphatic hydroxyl groups is 1. The van der Waals surface area contributed by atoms with Crippen molar-refractivity contribution in [2.24, 2.45) is 0 Å². The molecule has 3 N–H and O–H groups in total. The zero-order valence-corrected chi connectivity index (χ0v) is 13.9. The minimum Gasteiger partial charge on any atom is -0.392 e. The van der Waals surface area contributed by atoms with Crippen LogP contribution in [0.5, 0.6) is 0 Å². The van der Waals surface area contributed by atoms with Crippen molar-refractivity contribution in [2.75, 3.05) is 5.32 Å². The Kier molecular flexibility index (Phi) is 4.12. The second kappa shape index (κ2) is 6.57. The number of benzene rings is 3. The number of hydrogen-bond donors (Lipinski definition) is 3. The van der Waals surface area contributed by atoms with E-state index in [1.165, 1.54) is 16.5 Å². The average Bonchev–Trinajstić information content (AvgIpc) is 3.07. The molecule has 0 bridgehead atoms. The van der Waals surface area contributed by atoms with Gasteiger partial charge in [-0.1, -0.05) is 48.5 Å². The Labute approximate surface area is 146 Å². The molecule has 0 radical (unpaired) electrons. The molecule has 2 amide bonds. The zero-order valence-electron chi connectivity index (χ0n) is 13.9. The summed E-state index contributed by atoms with van der Waals surface area (Å²) in [7, 11) is 0. The summed E-state index contributed by atoms with van der Waals surface area (Å²) in [6.07, 6.45) is 2.14. The lowest BCUT2D eigenvalue weighted by Crippen LogP contribution is -2.28. The summed E-state index contributed by atoms with van der Waals surface area (Å²) in [4.78, 5) is 12.3. The van der Waals surface area contributed by atoms with Crippen molar-refractivity contribution in [3.63, 3.8) is 0 Å². The van der Waals surface area contributed by atoms with Gasteiger partial charge in [-0.15, -0.1) is 0 Å². The number of aryl methyl sites for hydroxylation is 2. The highest BCUT2D eigenvalue weighted by Gasteiger charge is 2.16. The maximum atomic E-state index is 12.3. The van der Waals surface area contributed by atoms with Crippen molar-refractivity contribution in [3.8, 4) is 0 Å². The minimum atomic E-state index is -0.244. The summed E-state index contributed by atoms with van der Waals surface area (Å²) in [6, 6.07) is 17.7. The maximum absolute atomic E-state index is 12.3. The molecule has 0 aromatic heterocycles. The van der Waals surface area contributed by atoms with Gasteiger partial charge in [-0.3, -0.25) is 0 Å². The van der Waals surface area contributed by atoms with Gasteiger partial charge >= 0.3 is 6.03 Å². The lowest BCUT2D eigenvalue weighted by atomic mass is 10.0. The van der Waals surface area contributed by atoms with Gasteiger partial charge < -0.3 is 15.7 Å². The summed E-state index contributed by atoms with van der Waals surface area (Å²) < 4.78 is 0. The predicted octanol–water partition coefficient (Wildman–Crippen LogP) is 3.75. The topological polar surface area (TPSA) is 61.4 Å². The third-order valence-corrected chi connectivity index (χ3v) is 4.85. The van der Waals surface area contributed by atoms with Gasteiger partial charge in [0.15, 0.2) is 0 Å². The molecule has 0 aliphatic heterocycles. The van der Waals surface area contributed by atoms with Crippen LogP contribution in [-0.4, -0.2) is 11.1 Å². The normalized spacial score (nSPS) is 12.4. The molecule has 0 atom stereocenters. The number of nitrogens with one attached hydrogen (secondary N) is 2. The first kappa shape index (κ1) is 15.7. The van der Waals surface area contributed by atoms with Crippen molar-refractivity contribution in [3.05, 3.63) is 76.9 Å². The van der Waals surface area contributed by atoms with Gasteiger partial charge in [0.25, 0.3) is 0 Å². The van der Waals surface area contributed by atoms with Crippen LogP contribution in [0.2, 0.25) is 0 Å². The number of anilines is 1. The second-order valence-electron chi connectivity index (χ2n) is 6.35. The molecule has 0 unspecified atom stereocenters. The van der Waals surface area contributed by atoms with E-state index in [1.807, 2.05) is 36.4 Å². The molecular formula is C21H20N2O2. The van der Waals surface area contributed by atoms with Crippen LogP contribution in [-0.2, 0) is 26.0 Å². The van der Waals surface area contributed by atoms with E-state index in [4.69, 9.17) is 0 Å². The molecule has 4 heteroatoms. The van der Waals surface area contributed by atoms with E-state index in [2.05, 4.69) is 28.8 Å². The largest absolute Gasteiger partial charge is 0.392 e. The van der Waals surface area contributed by atoms with E-state index in [-0.39, 0.29) is 12.6 Å². The van der Waals surface area contributed by atoms with Crippen LogP contribution in [0.3, 0.4) is 0 Å². The Hall–Kier alpha value is -2.85. The molecule has 126 valence electrons. The highest BCUT2D eigenvalue weighted by Crippen LogP contribution is 2.34. The van der Waals surface area contributed by atoms with Crippen LogP contribution in [0.15, 0.2) is 54.6 Å². The first-order chi connectivity index (χ1) is 12.3. The lowest BCUT2D eigenvalue weighted by molar-refractivity contribution is 0.251. The first-order valence-corrected chi connectivity index (χ1v) is 8.52.